The van der Waals surface area contributed by atoms with Gasteiger partial charge in [-0.2, -0.15) is 13.2 Å². The van der Waals surface area contributed by atoms with Gasteiger partial charge in [-0.15, -0.1) is 0 Å². The third-order valence-corrected chi connectivity index (χ3v) is 5.33. The molecule has 0 unspecified atom stereocenters. The lowest BCUT2D eigenvalue weighted by Crippen LogP contribution is -2.26. The maximum Gasteiger partial charge on any atom is 0.433 e. The number of alkyl halides is 3. The minimum absolute atomic E-state index is 0.311. The minimum atomic E-state index is -4.51. The molecular weight excluding hydrogens is 379 g/mol. The van der Waals surface area contributed by atoms with Gasteiger partial charge >= 0.3 is 6.18 Å². The Balaban J connectivity index is 2.58. The summed E-state index contributed by atoms with van der Waals surface area (Å²) in [4.78, 5) is 5.73. The lowest BCUT2D eigenvalue weighted by atomic mass is 10.0. The third-order valence-electron chi connectivity index (χ3n) is 4.13. The molecule has 0 aliphatic carbocycles. The first-order valence-corrected chi connectivity index (χ1v) is 10.3. The molecule has 0 radical (unpaired) electrons. The molecule has 2 aromatic rings. The van der Waals surface area contributed by atoms with E-state index in [1.165, 1.54) is 11.8 Å². The van der Waals surface area contributed by atoms with Crippen molar-refractivity contribution >= 4 is 23.2 Å². The van der Waals surface area contributed by atoms with Gasteiger partial charge in [0.2, 0.25) is 0 Å². The topological polar surface area (TPSA) is 12.4 Å². The van der Waals surface area contributed by atoms with Crippen molar-refractivity contribution in [3.05, 3.63) is 70.6 Å². The first-order chi connectivity index (χ1) is 13.3. The highest BCUT2D eigenvalue weighted by molar-refractivity contribution is 8.03. The number of para-hydroxylation sites is 1. The predicted molar refractivity (Wildman–Crippen MR) is 113 cm³/mol. The lowest BCUT2D eigenvalue weighted by Gasteiger charge is -2.19. The smallest absolute Gasteiger partial charge is 0.244 e. The maximum atomic E-state index is 14.0. The fourth-order valence-corrected chi connectivity index (χ4v) is 4.00. The fraction of sp³-hybridized carbons (Fsp3) is 0.348. The number of rotatable bonds is 8. The van der Waals surface area contributed by atoms with Crippen LogP contribution < -0.4 is 0 Å². The second-order valence-corrected chi connectivity index (χ2v) is 7.78. The van der Waals surface area contributed by atoms with Gasteiger partial charge < -0.3 is 0 Å². The van der Waals surface area contributed by atoms with Gasteiger partial charge in [-0.05, 0) is 54.5 Å². The highest BCUT2D eigenvalue weighted by Gasteiger charge is 2.39. The second kappa shape index (κ2) is 10.5. The van der Waals surface area contributed by atoms with E-state index in [9.17, 15) is 13.2 Å². The van der Waals surface area contributed by atoms with Crippen molar-refractivity contribution < 1.29 is 13.2 Å². The molecule has 0 saturated heterocycles. The monoisotopic (exact) mass is 405 g/mol. The average molecular weight is 406 g/mol. The van der Waals surface area contributed by atoms with E-state index in [1.807, 2.05) is 45.0 Å². The standard InChI is InChI=1S/C23H26F3NS/c1-4-9-20(21(10-5-2)28-19-15-13-17(3)14-16-19)22(23(24,25)26)27-18-11-7-6-8-12-18/h6-8,11-16H,4-5,9-10H2,1-3H3/b21-20-,27-22?. The molecule has 0 spiro atoms. The van der Waals surface area contributed by atoms with E-state index in [0.717, 1.165) is 21.8 Å². The molecule has 2 rings (SSSR count). The summed E-state index contributed by atoms with van der Waals surface area (Å²) in [5, 5.41) is 0. The predicted octanol–water partition coefficient (Wildman–Crippen LogP) is 8.28. The van der Waals surface area contributed by atoms with Crippen LogP contribution in [-0.2, 0) is 0 Å². The SMILES string of the molecule is CCC/C(Sc1ccc(C)cc1)=C(\CCC)C(=Nc1ccccc1)C(F)(F)F. The van der Waals surface area contributed by atoms with Crippen LogP contribution in [0, 0.1) is 6.92 Å². The Morgan fingerprint density at radius 1 is 0.893 bits per heavy atom. The van der Waals surface area contributed by atoms with Crippen LogP contribution in [0.1, 0.15) is 45.1 Å². The van der Waals surface area contributed by atoms with Crippen LogP contribution in [0.4, 0.5) is 18.9 Å². The maximum absolute atomic E-state index is 14.0. The third kappa shape index (κ3) is 6.55. The molecule has 1 nitrogen and oxygen atoms in total. The number of aryl methyl sites for hydroxylation is 1. The van der Waals surface area contributed by atoms with Crippen molar-refractivity contribution in [3.8, 4) is 0 Å². The summed E-state index contributed by atoms with van der Waals surface area (Å²) in [7, 11) is 0. The van der Waals surface area contributed by atoms with Gasteiger partial charge in [0.25, 0.3) is 0 Å². The van der Waals surface area contributed by atoms with E-state index >= 15 is 0 Å². The molecule has 28 heavy (non-hydrogen) atoms. The normalized spacial score (nSPS) is 13.4. The molecule has 0 amide bonds. The Hall–Kier alpha value is -2.01. The highest BCUT2D eigenvalue weighted by atomic mass is 32.2. The van der Waals surface area contributed by atoms with Gasteiger partial charge in [0.1, 0.15) is 5.71 Å². The molecule has 5 heteroatoms. The van der Waals surface area contributed by atoms with Crippen LogP contribution in [-0.4, -0.2) is 11.9 Å². The van der Waals surface area contributed by atoms with E-state index in [1.54, 1.807) is 30.3 Å². The van der Waals surface area contributed by atoms with E-state index in [-0.39, 0.29) is 0 Å². The zero-order valence-electron chi connectivity index (χ0n) is 16.5. The van der Waals surface area contributed by atoms with Crippen molar-refractivity contribution in [1.82, 2.24) is 0 Å². The summed E-state index contributed by atoms with van der Waals surface area (Å²) >= 11 is 1.42. The van der Waals surface area contributed by atoms with Crippen molar-refractivity contribution in [2.45, 2.75) is 57.5 Å². The molecular formula is C23H26F3NS. The van der Waals surface area contributed by atoms with Crippen molar-refractivity contribution in [3.63, 3.8) is 0 Å². The zero-order valence-corrected chi connectivity index (χ0v) is 17.3. The van der Waals surface area contributed by atoms with Crippen molar-refractivity contribution in [2.75, 3.05) is 0 Å². The summed E-state index contributed by atoms with van der Waals surface area (Å²) in [5.74, 6) is 0. The van der Waals surface area contributed by atoms with Gasteiger partial charge in [-0.1, -0.05) is 74.3 Å². The number of hydrogen-bond acceptors (Lipinski definition) is 2. The van der Waals surface area contributed by atoms with E-state index in [0.29, 0.717) is 30.5 Å². The first kappa shape index (κ1) is 22.3. The molecule has 0 atom stereocenters. The Bertz CT molecular complexity index is 806. The van der Waals surface area contributed by atoms with Gasteiger partial charge in [0.15, 0.2) is 0 Å². The molecule has 0 aliphatic rings. The molecule has 150 valence electrons. The van der Waals surface area contributed by atoms with Gasteiger partial charge in [-0.3, -0.25) is 0 Å². The number of aliphatic imine (C=N–C) groups is 1. The van der Waals surface area contributed by atoms with E-state index < -0.39 is 11.9 Å². The Morgan fingerprint density at radius 2 is 1.50 bits per heavy atom. The van der Waals surface area contributed by atoms with Gasteiger partial charge in [0, 0.05) is 4.90 Å². The van der Waals surface area contributed by atoms with Gasteiger partial charge in [-0.25, -0.2) is 4.99 Å². The number of nitrogens with zero attached hydrogens (tertiary/aromatic N) is 1. The highest BCUT2D eigenvalue weighted by Crippen LogP contribution is 2.38. The fourth-order valence-electron chi connectivity index (χ4n) is 2.81. The molecule has 0 aromatic heterocycles. The van der Waals surface area contributed by atoms with Crippen LogP contribution in [0.3, 0.4) is 0 Å². The molecule has 0 N–H and O–H groups in total. The number of thioether (sulfide) groups is 1. The molecule has 2 aromatic carbocycles. The lowest BCUT2D eigenvalue weighted by molar-refractivity contribution is -0.0583. The van der Waals surface area contributed by atoms with Crippen LogP contribution >= 0.6 is 11.8 Å². The number of benzene rings is 2. The summed E-state index contributed by atoms with van der Waals surface area (Å²) in [5.41, 5.74) is 0.982. The second-order valence-electron chi connectivity index (χ2n) is 6.61. The van der Waals surface area contributed by atoms with Crippen LogP contribution in [0.25, 0.3) is 0 Å². The molecule has 0 saturated carbocycles. The summed E-state index contributed by atoms with van der Waals surface area (Å²) in [6.07, 6.45) is -2.16. The first-order valence-electron chi connectivity index (χ1n) is 9.53. The molecule has 0 aliphatic heterocycles. The van der Waals surface area contributed by atoms with E-state index in [2.05, 4.69) is 4.99 Å². The van der Waals surface area contributed by atoms with E-state index in [4.69, 9.17) is 0 Å². The Morgan fingerprint density at radius 3 is 2.04 bits per heavy atom. The minimum Gasteiger partial charge on any atom is -0.244 e. The number of allylic oxidation sites excluding steroid dienone is 2. The van der Waals surface area contributed by atoms with Gasteiger partial charge in [0.05, 0.1) is 5.69 Å². The quantitative estimate of drug-likeness (QED) is 0.318. The number of hydrogen-bond donors (Lipinski definition) is 0. The average Bonchev–Trinajstić information content (AvgIpc) is 2.66. The summed E-state index contributed by atoms with van der Waals surface area (Å²) in [6.45, 7) is 5.88. The van der Waals surface area contributed by atoms with Crippen molar-refractivity contribution in [1.29, 1.82) is 0 Å². The van der Waals surface area contributed by atoms with Crippen LogP contribution in [0.5, 0.6) is 0 Å². The van der Waals surface area contributed by atoms with Crippen LogP contribution in [0.2, 0.25) is 0 Å². The Kier molecular flexibility index (Phi) is 8.36. The van der Waals surface area contributed by atoms with Crippen molar-refractivity contribution in [2.24, 2.45) is 4.99 Å². The Labute approximate surface area is 169 Å². The number of halogens is 3. The summed E-state index contributed by atoms with van der Waals surface area (Å²) in [6, 6.07) is 16.2. The molecule has 0 bridgehead atoms. The summed E-state index contributed by atoms with van der Waals surface area (Å²) < 4.78 is 42.0. The zero-order chi connectivity index (χ0) is 20.6. The molecule has 0 fully saturated rings. The molecule has 0 heterocycles. The largest absolute Gasteiger partial charge is 0.433 e. The van der Waals surface area contributed by atoms with Crippen LogP contribution in [0.15, 0.2) is 75.0 Å².